The van der Waals surface area contributed by atoms with Crippen LogP contribution in [-0.2, 0) is 0 Å². The maximum absolute atomic E-state index is 12.7. The average molecular weight is 374 g/mol. The maximum atomic E-state index is 12.7. The minimum Gasteiger partial charge on any atom is -0.492 e. The fourth-order valence-electron chi connectivity index (χ4n) is 2.87. The fourth-order valence-corrected chi connectivity index (χ4v) is 3.62. The van der Waals surface area contributed by atoms with E-state index < -0.39 is 0 Å². The highest BCUT2D eigenvalue weighted by molar-refractivity contribution is 7.99. The van der Waals surface area contributed by atoms with Gasteiger partial charge >= 0.3 is 0 Å². The van der Waals surface area contributed by atoms with Crippen molar-refractivity contribution >= 4 is 22.7 Å². The van der Waals surface area contributed by atoms with E-state index in [0.717, 1.165) is 11.3 Å². The lowest BCUT2D eigenvalue weighted by molar-refractivity contribution is 0.347. The number of fused-ring (bicyclic) bond motifs is 1. The van der Waals surface area contributed by atoms with Gasteiger partial charge in [-0.25, -0.2) is 0 Å². The lowest BCUT2D eigenvalue weighted by atomic mass is 10.1. The molecule has 1 aromatic heterocycles. The number of thioether (sulfide) groups is 1. The van der Waals surface area contributed by atoms with Gasteiger partial charge in [0, 0.05) is 22.3 Å². The van der Waals surface area contributed by atoms with E-state index in [1.165, 1.54) is 11.0 Å². The molecule has 0 radical (unpaired) electrons. The quantitative estimate of drug-likeness (QED) is 0.324. The minimum atomic E-state index is -0.0959. The number of hydrogen-bond acceptors (Lipinski definition) is 4. The van der Waals surface area contributed by atoms with Gasteiger partial charge in [0.15, 0.2) is 5.43 Å². The van der Waals surface area contributed by atoms with Crippen molar-refractivity contribution in [2.75, 3.05) is 12.4 Å². The predicted molar refractivity (Wildman–Crippen MR) is 111 cm³/mol. The van der Waals surface area contributed by atoms with Crippen LogP contribution in [0.2, 0.25) is 0 Å². The standard InChI is InChI=1S/C23H18O3S/c24-19-16-22(17-8-3-1-4-9-17)26-21-13-7-12-20(23(19)21)25-14-15-27-18-10-5-2-6-11-18/h1-13,16H,14-15H2. The maximum Gasteiger partial charge on any atom is 0.197 e. The molecule has 0 aliphatic heterocycles. The molecular weight excluding hydrogens is 356 g/mol. The number of benzene rings is 3. The molecule has 3 nitrogen and oxygen atoms in total. The van der Waals surface area contributed by atoms with Crippen LogP contribution in [0.25, 0.3) is 22.3 Å². The van der Waals surface area contributed by atoms with Gasteiger partial charge in [-0.2, -0.15) is 0 Å². The molecule has 0 aliphatic carbocycles. The summed E-state index contributed by atoms with van der Waals surface area (Å²) in [6.45, 7) is 0.512. The summed E-state index contributed by atoms with van der Waals surface area (Å²) >= 11 is 1.72. The lowest BCUT2D eigenvalue weighted by Crippen LogP contribution is -2.06. The molecule has 0 unspecified atom stereocenters. The van der Waals surface area contributed by atoms with E-state index >= 15 is 0 Å². The molecule has 0 spiro atoms. The highest BCUT2D eigenvalue weighted by Gasteiger charge is 2.11. The minimum absolute atomic E-state index is 0.0959. The van der Waals surface area contributed by atoms with Crippen LogP contribution in [0.1, 0.15) is 0 Å². The molecule has 1 heterocycles. The molecule has 4 aromatic rings. The molecule has 0 aliphatic rings. The first-order chi connectivity index (χ1) is 13.3. The van der Waals surface area contributed by atoms with Crippen molar-refractivity contribution in [3.8, 4) is 17.1 Å². The molecule has 0 saturated carbocycles. The van der Waals surface area contributed by atoms with Crippen LogP contribution < -0.4 is 10.2 Å². The Morgan fingerprint density at radius 3 is 2.37 bits per heavy atom. The second kappa shape index (κ2) is 8.14. The zero-order valence-corrected chi connectivity index (χ0v) is 15.4. The number of ether oxygens (including phenoxy) is 1. The smallest absolute Gasteiger partial charge is 0.197 e. The largest absolute Gasteiger partial charge is 0.492 e. The average Bonchev–Trinajstić information content (AvgIpc) is 2.72. The highest BCUT2D eigenvalue weighted by Crippen LogP contribution is 2.27. The van der Waals surface area contributed by atoms with Gasteiger partial charge in [-0.3, -0.25) is 4.79 Å². The summed E-state index contributed by atoms with van der Waals surface area (Å²) in [5, 5.41) is 0.488. The summed E-state index contributed by atoms with van der Waals surface area (Å²) in [6.07, 6.45) is 0. The molecule has 27 heavy (non-hydrogen) atoms. The first kappa shape index (κ1) is 17.4. The number of hydrogen-bond donors (Lipinski definition) is 0. The van der Waals surface area contributed by atoms with Crippen LogP contribution in [0.4, 0.5) is 0 Å². The Hall–Kier alpha value is -2.98. The first-order valence-corrected chi connectivity index (χ1v) is 9.73. The summed E-state index contributed by atoms with van der Waals surface area (Å²) in [7, 11) is 0. The molecule has 0 saturated heterocycles. The molecule has 0 bridgehead atoms. The third kappa shape index (κ3) is 4.07. The van der Waals surface area contributed by atoms with Gasteiger partial charge < -0.3 is 9.15 Å². The van der Waals surface area contributed by atoms with Crippen LogP contribution in [0.15, 0.2) is 99.0 Å². The van der Waals surface area contributed by atoms with Crippen molar-refractivity contribution in [1.29, 1.82) is 0 Å². The van der Waals surface area contributed by atoms with Crippen LogP contribution in [-0.4, -0.2) is 12.4 Å². The Morgan fingerprint density at radius 2 is 1.59 bits per heavy atom. The third-order valence-corrected chi connectivity index (χ3v) is 5.10. The Bertz CT molecular complexity index is 1090. The van der Waals surface area contributed by atoms with Gasteiger partial charge in [-0.1, -0.05) is 54.6 Å². The van der Waals surface area contributed by atoms with E-state index in [1.54, 1.807) is 17.8 Å². The Labute approximate surface area is 161 Å². The first-order valence-electron chi connectivity index (χ1n) is 8.74. The summed E-state index contributed by atoms with van der Waals surface area (Å²) in [4.78, 5) is 13.9. The van der Waals surface area contributed by atoms with E-state index in [-0.39, 0.29) is 5.43 Å². The van der Waals surface area contributed by atoms with Gasteiger partial charge in [0.05, 0.1) is 6.61 Å². The van der Waals surface area contributed by atoms with E-state index in [0.29, 0.717) is 29.1 Å². The fraction of sp³-hybridized carbons (Fsp3) is 0.0870. The zero-order valence-electron chi connectivity index (χ0n) is 14.6. The molecule has 4 heteroatoms. The summed E-state index contributed by atoms with van der Waals surface area (Å²) in [6, 6.07) is 26.8. The molecule has 134 valence electrons. The number of rotatable bonds is 6. The van der Waals surface area contributed by atoms with Crippen LogP contribution in [0.5, 0.6) is 5.75 Å². The summed E-state index contributed by atoms with van der Waals surface area (Å²) in [5.74, 6) is 1.92. The van der Waals surface area contributed by atoms with Gasteiger partial charge in [-0.15, -0.1) is 11.8 Å². The molecule has 0 amide bonds. The Morgan fingerprint density at radius 1 is 0.852 bits per heavy atom. The Kier molecular flexibility index (Phi) is 5.26. The highest BCUT2D eigenvalue weighted by atomic mass is 32.2. The van der Waals surface area contributed by atoms with Crippen molar-refractivity contribution < 1.29 is 9.15 Å². The second-order valence-corrected chi connectivity index (χ2v) is 7.15. The van der Waals surface area contributed by atoms with Crippen LogP contribution >= 0.6 is 11.8 Å². The molecular formula is C23H18O3S. The third-order valence-electron chi connectivity index (χ3n) is 4.13. The molecule has 0 N–H and O–H groups in total. The van der Waals surface area contributed by atoms with Crippen molar-refractivity contribution in [1.82, 2.24) is 0 Å². The van der Waals surface area contributed by atoms with Crippen molar-refractivity contribution in [3.05, 3.63) is 95.2 Å². The normalized spacial score (nSPS) is 10.8. The van der Waals surface area contributed by atoms with Gasteiger partial charge in [0.25, 0.3) is 0 Å². The molecule has 0 atom stereocenters. The van der Waals surface area contributed by atoms with Crippen LogP contribution in [0, 0.1) is 0 Å². The van der Waals surface area contributed by atoms with E-state index in [1.807, 2.05) is 60.7 Å². The topological polar surface area (TPSA) is 39.4 Å². The van der Waals surface area contributed by atoms with Crippen LogP contribution in [0.3, 0.4) is 0 Å². The molecule has 4 rings (SSSR count). The zero-order chi connectivity index (χ0) is 18.5. The second-order valence-electron chi connectivity index (χ2n) is 5.98. The van der Waals surface area contributed by atoms with E-state index in [9.17, 15) is 4.79 Å². The van der Waals surface area contributed by atoms with E-state index in [2.05, 4.69) is 12.1 Å². The van der Waals surface area contributed by atoms with Gasteiger partial charge in [0.1, 0.15) is 22.5 Å². The van der Waals surface area contributed by atoms with Crippen molar-refractivity contribution in [3.63, 3.8) is 0 Å². The summed E-state index contributed by atoms with van der Waals surface area (Å²) in [5.41, 5.74) is 1.32. The van der Waals surface area contributed by atoms with Crippen molar-refractivity contribution in [2.24, 2.45) is 0 Å². The SMILES string of the molecule is O=c1cc(-c2ccccc2)oc2cccc(OCCSc3ccccc3)c12. The van der Waals surface area contributed by atoms with Gasteiger partial charge in [-0.05, 0) is 24.3 Å². The molecule has 0 fully saturated rings. The monoisotopic (exact) mass is 374 g/mol. The molecule has 3 aromatic carbocycles. The van der Waals surface area contributed by atoms with Gasteiger partial charge in [0.2, 0.25) is 0 Å². The summed E-state index contributed by atoms with van der Waals surface area (Å²) < 4.78 is 11.8. The Balaban J connectivity index is 1.54. The predicted octanol–water partition coefficient (Wildman–Crippen LogP) is 5.63. The van der Waals surface area contributed by atoms with Crippen molar-refractivity contribution in [2.45, 2.75) is 4.90 Å². The van der Waals surface area contributed by atoms with E-state index in [4.69, 9.17) is 9.15 Å². The lowest BCUT2D eigenvalue weighted by Gasteiger charge is -2.09.